The minimum absolute atomic E-state index is 0.271. The van der Waals surface area contributed by atoms with Gasteiger partial charge >= 0.3 is 0 Å². The third kappa shape index (κ3) is 4.06. The van der Waals surface area contributed by atoms with E-state index in [1.165, 1.54) is 35.7 Å². The molecule has 0 atom stereocenters. The normalized spacial score (nSPS) is 11.2. The lowest BCUT2D eigenvalue weighted by molar-refractivity contribution is 0.0358. The van der Waals surface area contributed by atoms with Gasteiger partial charge in [0.05, 0.1) is 27.4 Å². The fraction of sp³-hybridized carbons (Fsp3) is 0.250. The summed E-state index contributed by atoms with van der Waals surface area (Å²) in [6, 6.07) is 6.07. The van der Waals surface area contributed by atoms with Gasteiger partial charge in [-0.3, -0.25) is 15.0 Å². The third-order valence-corrected chi connectivity index (χ3v) is 3.78. The van der Waals surface area contributed by atoms with Crippen LogP contribution in [0.25, 0.3) is 0 Å². The second-order valence-electron chi connectivity index (χ2n) is 5.89. The van der Waals surface area contributed by atoms with Crippen molar-refractivity contribution in [3.63, 3.8) is 0 Å². The zero-order valence-corrected chi connectivity index (χ0v) is 14.4. The Hall–Kier alpha value is -1.98. The van der Waals surface area contributed by atoms with E-state index in [1.54, 1.807) is 26.8 Å². The first-order valence-electron chi connectivity index (χ1n) is 6.83. The van der Waals surface area contributed by atoms with E-state index >= 15 is 0 Å². The number of carbonyl (C=O) groups excluding carboxylic acids is 2. The molecule has 2 aromatic rings. The van der Waals surface area contributed by atoms with Crippen LogP contribution in [0.15, 0.2) is 41.2 Å². The highest BCUT2D eigenvalue weighted by molar-refractivity contribution is 6.42. The number of hydrazine groups is 1. The van der Waals surface area contributed by atoms with Gasteiger partial charge in [-0.1, -0.05) is 23.2 Å². The van der Waals surface area contributed by atoms with Crippen LogP contribution < -0.4 is 5.43 Å². The lowest BCUT2D eigenvalue weighted by atomic mass is 10.1. The average molecular weight is 355 g/mol. The van der Waals surface area contributed by atoms with Crippen LogP contribution in [0.1, 0.15) is 41.5 Å². The second kappa shape index (κ2) is 6.64. The Bertz CT molecular complexity index is 721. The summed E-state index contributed by atoms with van der Waals surface area (Å²) >= 11 is 11.8. The minimum atomic E-state index is -0.650. The molecule has 122 valence electrons. The van der Waals surface area contributed by atoms with Crippen LogP contribution in [0, 0.1) is 0 Å². The summed E-state index contributed by atoms with van der Waals surface area (Å²) in [5.74, 6) is -0.838. The van der Waals surface area contributed by atoms with Crippen molar-refractivity contribution in [2.24, 2.45) is 0 Å². The summed E-state index contributed by atoms with van der Waals surface area (Å²) in [5.41, 5.74) is 2.59. The summed E-state index contributed by atoms with van der Waals surface area (Å²) in [7, 11) is 0. The molecular formula is C16H16Cl2N2O3. The van der Waals surface area contributed by atoms with Crippen LogP contribution in [0.2, 0.25) is 10.0 Å². The highest BCUT2D eigenvalue weighted by Gasteiger charge is 2.30. The van der Waals surface area contributed by atoms with Gasteiger partial charge in [0.25, 0.3) is 11.8 Å². The quantitative estimate of drug-likeness (QED) is 0.823. The van der Waals surface area contributed by atoms with Crippen LogP contribution in [0.5, 0.6) is 0 Å². The van der Waals surface area contributed by atoms with Gasteiger partial charge in [-0.25, -0.2) is 5.01 Å². The van der Waals surface area contributed by atoms with Crippen molar-refractivity contribution in [2.45, 2.75) is 26.3 Å². The molecule has 0 spiro atoms. The smallest absolute Gasteiger partial charge is 0.273 e. The van der Waals surface area contributed by atoms with Crippen molar-refractivity contribution in [2.75, 3.05) is 0 Å². The summed E-state index contributed by atoms with van der Waals surface area (Å²) < 4.78 is 4.88. The number of amides is 2. The Morgan fingerprint density at radius 1 is 1.09 bits per heavy atom. The molecule has 0 aliphatic rings. The molecule has 7 heteroatoms. The number of rotatable bonds is 2. The van der Waals surface area contributed by atoms with Gasteiger partial charge in [-0.2, -0.15) is 0 Å². The van der Waals surface area contributed by atoms with E-state index in [1.807, 2.05) is 0 Å². The van der Waals surface area contributed by atoms with Crippen molar-refractivity contribution in [1.29, 1.82) is 0 Å². The maximum atomic E-state index is 12.7. The third-order valence-electron chi connectivity index (χ3n) is 3.04. The van der Waals surface area contributed by atoms with Crippen LogP contribution in [-0.2, 0) is 0 Å². The number of halogens is 2. The van der Waals surface area contributed by atoms with E-state index in [2.05, 4.69) is 5.43 Å². The van der Waals surface area contributed by atoms with Gasteiger partial charge in [-0.05, 0) is 45.0 Å². The van der Waals surface area contributed by atoms with E-state index in [9.17, 15) is 9.59 Å². The molecule has 5 nitrogen and oxygen atoms in total. The molecule has 0 aliphatic heterocycles. The van der Waals surface area contributed by atoms with Crippen LogP contribution in [0.4, 0.5) is 0 Å². The molecular weight excluding hydrogens is 339 g/mol. The van der Waals surface area contributed by atoms with Gasteiger partial charge in [0.2, 0.25) is 0 Å². The average Bonchev–Trinajstić information content (AvgIpc) is 3.00. The maximum Gasteiger partial charge on any atom is 0.273 e. The number of nitrogens with one attached hydrogen (secondary N) is 1. The predicted octanol–water partition coefficient (Wildman–Crippen LogP) is 4.17. The Labute approximate surface area is 144 Å². The summed E-state index contributed by atoms with van der Waals surface area (Å²) in [5, 5.41) is 1.88. The standard InChI is InChI=1S/C16H16Cl2N2O3/c1-16(2,3)20(19-14(21)11-6-7-23-9-11)15(22)10-4-5-12(17)13(18)8-10/h4-9H,1-3H3,(H,19,21). The zero-order chi connectivity index (χ0) is 17.2. The Balaban J connectivity index is 2.29. The molecule has 23 heavy (non-hydrogen) atoms. The molecule has 0 unspecified atom stereocenters. The number of furan rings is 1. The highest BCUT2D eigenvalue weighted by Crippen LogP contribution is 2.24. The maximum absolute atomic E-state index is 12.7. The first kappa shape index (κ1) is 17.4. The van der Waals surface area contributed by atoms with Gasteiger partial charge in [0, 0.05) is 5.56 Å². The SMILES string of the molecule is CC(C)(C)N(NC(=O)c1ccoc1)C(=O)c1ccc(Cl)c(Cl)c1. The summed E-state index contributed by atoms with van der Waals surface area (Å²) in [6.07, 6.45) is 2.69. The number of hydrogen-bond donors (Lipinski definition) is 1. The largest absolute Gasteiger partial charge is 0.472 e. The van der Waals surface area contributed by atoms with Crippen LogP contribution in [-0.4, -0.2) is 22.4 Å². The topological polar surface area (TPSA) is 62.6 Å². The molecule has 0 bridgehead atoms. The first-order chi connectivity index (χ1) is 10.7. The van der Waals surface area contributed by atoms with Gasteiger partial charge in [0.15, 0.2) is 0 Å². The summed E-state index contributed by atoms with van der Waals surface area (Å²) in [6.45, 7) is 5.41. The number of hydrogen-bond acceptors (Lipinski definition) is 3. The Morgan fingerprint density at radius 3 is 2.30 bits per heavy atom. The van der Waals surface area contributed by atoms with Crippen molar-refractivity contribution >= 4 is 35.0 Å². The monoisotopic (exact) mass is 354 g/mol. The molecule has 0 fully saturated rings. The van der Waals surface area contributed by atoms with E-state index in [-0.39, 0.29) is 5.02 Å². The molecule has 0 aliphatic carbocycles. The highest BCUT2D eigenvalue weighted by atomic mass is 35.5. The molecule has 0 radical (unpaired) electrons. The van der Waals surface area contributed by atoms with E-state index in [4.69, 9.17) is 27.6 Å². The molecule has 1 heterocycles. The van der Waals surface area contributed by atoms with Gasteiger partial charge in [0.1, 0.15) is 6.26 Å². The lowest BCUT2D eigenvalue weighted by Gasteiger charge is -2.35. The van der Waals surface area contributed by atoms with Crippen molar-refractivity contribution in [3.8, 4) is 0 Å². The molecule has 2 amide bonds. The minimum Gasteiger partial charge on any atom is -0.472 e. The number of nitrogens with zero attached hydrogens (tertiary/aromatic N) is 1. The van der Waals surface area contributed by atoms with E-state index in [0.29, 0.717) is 16.1 Å². The predicted molar refractivity (Wildman–Crippen MR) is 88.6 cm³/mol. The van der Waals surface area contributed by atoms with Crippen LogP contribution in [0.3, 0.4) is 0 Å². The Kier molecular flexibility index (Phi) is 5.02. The molecule has 0 saturated carbocycles. The van der Waals surface area contributed by atoms with E-state index in [0.717, 1.165) is 0 Å². The lowest BCUT2D eigenvalue weighted by Crippen LogP contribution is -2.55. The van der Waals surface area contributed by atoms with Crippen LogP contribution >= 0.6 is 23.2 Å². The van der Waals surface area contributed by atoms with E-state index < -0.39 is 17.4 Å². The molecule has 1 aromatic heterocycles. The van der Waals surface area contributed by atoms with Crippen molar-refractivity contribution in [1.82, 2.24) is 10.4 Å². The second-order valence-corrected chi connectivity index (χ2v) is 6.71. The van der Waals surface area contributed by atoms with Gasteiger partial charge < -0.3 is 4.42 Å². The molecule has 1 N–H and O–H groups in total. The number of benzene rings is 1. The Morgan fingerprint density at radius 2 is 1.78 bits per heavy atom. The fourth-order valence-electron chi connectivity index (χ4n) is 1.84. The molecule has 1 aromatic carbocycles. The first-order valence-corrected chi connectivity index (χ1v) is 7.58. The zero-order valence-electron chi connectivity index (χ0n) is 12.9. The van der Waals surface area contributed by atoms with Crippen molar-refractivity contribution in [3.05, 3.63) is 58.0 Å². The molecule has 2 rings (SSSR count). The van der Waals surface area contributed by atoms with Gasteiger partial charge in [-0.15, -0.1) is 0 Å². The number of carbonyl (C=O) groups is 2. The molecule has 0 saturated heterocycles. The summed E-state index contributed by atoms with van der Waals surface area (Å²) in [4.78, 5) is 25.0. The van der Waals surface area contributed by atoms with Crippen molar-refractivity contribution < 1.29 is 14.0 Å². The fourth-order valence-corrected chi connectivity index (χ4v) is 2.14.